The summed E-state index contributed by atoms with van der Waals surface area (Å²) < 4.78 is 1.03. The molecule has 94 valence electrons. The number of hydrogen-bond acceptors (Lipinski definition) is 1. The van der Waals surface area contributed by atoms with Crippen LogP contribution in [0.2, 0.25) is 0 Å². The summed E-state index contributed by atoms with van der Waals surface area (Å²) >= 11 is 6.78. The number of amides is 1. The van der Waals surface area contributed by atoms with Gasteiger partial charge in [0, 0.05) is 15.8 Å². The summed E-state index contributed by atoms with van der Waals surface area (Å²) in [6, 6.07) is 8.12. The van der Waals surface area contributed by atoms with Crippen molar-refractivity contribution < 1.29 is 4.79 Å². The highest BCUT2D eigenvalue weighted by atomic mass is 79.9. The molecule has 1 unspecified atom stereocenters. The second kappa shape index (κ2) is 7.88. The molecule has 0 aromatic heterocycles. The van der Waals surface area contributed by atoms with Crippen molar-refractivity contribution in [2.75, 3.05) is 5.33 Å². The molecule has 0 aliphatic rings. The summed E-state index contributed by atoms with van der Waals surface area (Å²) in [5.41, 5.74) is 1.04. The maximum atomic E-state index is 11.8. The number of rotatable bonds is 6. The Morgan fingerprint density at radius 2 is 2.00 bits per heavy atom. The van der Waals surface area contributed by atoms with Crippen molar-refractivity contribution in [3.05, 3.63) is 34.3 Å². The Hall–Kier alpha value is -0.350. The minimum Gasteiger partial charge on any atom is -0.353 e. The average Bonchev–Trinajstić information content (AvgIpc) is 2.31. The molecule has 0 spiro atoms. The van der Waals surface area contributed by atoms with Crippen molar-refractivity contribution >= 4 is 37.8 Å². The van der Waals surface area contributed by atoms with Crippen LogP contribution in [0.4, 0.5) is 0 Å². The van der Waals surface area contributed by atoms with Gasteiger partial charge in [-0.3, -0.25) is 4.79 Å². The molecular weight excluding hydrogens is 346 g/mol. The molecule has 1 atom stereocenters. The molecule has 0 heterocycles. The average molecular weight is 363 g/mol. The Balaban J connectivity index is 2.46. The first-order chi connectivity index (χ1) is 8.15. The van der Waals surface area contributed by atoms with Gasteiger partial charge in [-0.05, 0) is 30.5 Å². The van der Waals surface area contributed by atoms with E-state index in [1.807, 2.05) is 24.3 Å². The quantitative estimate of drug-likeness (QED) is 0.768. The van der Waals surface area contributed by atoms with Gasteiger partial charge in [-0.1, -0.05) is 50.9 Å². The van der Waals surface area contributed by atoms with Crippen molar-refractivity contribution in [1.29, 1.82) is 0 Å². The number of nitrogens with one attached hydrogen (secondary N) is 1. The number of carbonyl (C=O) groups excluding carboxylic acids is 1. The minimum atomic E-state index is 0.0973. The fourth-order valence-electron chi connectivity index (χ4n) is 1.58. The number of benzene rings is 1. The molecule has 4 heteroatoms. The summed E-state index contributed by atoms with van der Waals surface area (Å²) in [4.78, 5) is 11.8. The molecule has 1 aromatic rings. The van der Waals surface area contributed by atoms with Crippen LogP contribution in [0.15, 0.2) is 28.7 Å². The highest BCUT2D eigenvalue weighted by Gasteiger charge is 2.09. The Morgan fingerprint density at radius 3 is 2.53 bits per heavy atom. The monoisotopic (exact) mass is 361 g/mol. The molecule has 0 aliphatic carbocycles. The lowest BCUT2D eigenvalue weighted by atomic mass is 10.1. The number of hydrogen-bond donors (Lipinski definition) is 1. The van der Waals surface area contributed by atoms with Crippen molar-refractivity contribution in [3.63, 3.8) is 0 Å². The Kier molecular flexibility index (Phi) is 6.82. The Morgan fingerprint density at radius 1 is 1.35 bits per heavy atom. The third-order valence-electron chi connectivity index (χ3n) is 2.59. The summed E-state index contributed by atoms with van der Waals surface area (Å²) in [6.07, 6.45) is 2.40. The van der Waals surface area contributed by atoms with Gasteiger partial charge in [0.05, 0.1) is 6.42 Å². The lowest BCUT2D eigenvalue weighted by Gasteiger charge is -2.15. The minimum absolute atomic E-state index is 0.0973. The molecule has 0 bridgehead atoms. The standard InChI is InChI=1S/C13H17Br2NO/c1-2-12(7-8-14)16-13(17)9-10-3-5-11(15)6-4-10/h3-6,12H,2,7-9H2,1H3,(H,16,17). The van der Waals surface area contributed by atoms with Crippen molar-refractivity contribution in [2.45, 2.75) is 32.2 Å². The van der Waals surface area contributed by atoms with E-state index >= 15 is 0 Å². The highest BCUT2D eigenvalue weighted by molar-refractivity contribution is 9.10. The van der Waals surface area contributed by atoms with Gasteiger partial charge in [-0.25, -0.2) is 0 Å². The summed E-state index contributed by atoms with van der Waals surface area (Å²) in [5.74, 6) is 0.0973. The van der Waals surface area contributed by atoms with Gasteiger partial charge in [-0.15, -0.1) is 0 Å². The first-order valence-electron chi connectivity index (χ1n) is 5.75. The summed E-state index contributed by atoms with van der Waals surface area (Å²) in [5, 5.41) is 3.97. The predicted octanol–water partition coefficient (Wildman–Crippen LogP) is 3.67. The number of carbonyl (C=O) groups is 1. The Bertz CT molecular complexity index is 351. The molecule has 0 saturated heterocycles. The molecule has 1 N–H and O–H groups in total. The van der Waals surface area contributed by atoms with Gasteiger partial charge in [0.2, 0.25) is 5.91 Å². The molecule has 0 saturated carbocycles. The van der Waals surface area contributed by atoms with Gasteiger partial charge < -0.3 is 5.32 Å². The summed E-state index contributed by atoms with van der Waals surface area (Å²) in [7, 11) is 0. The maximum Gasteiger partial charge on any atom is 0.224 e. The normalized spacial score (nSPS) is 12.2. The van der Waals surface area contributed by atoms with E-state index < -0.39 is 0 Å². The largest absolute Gasteiger partial charge is 0.353 e. The van der Waals surface area contributed by atoms with Crippen LogP contribution in [0, 0.1) is 0 Å². The van der Waals surface area contributed by atoms with Gasteiger partial charge in [0.15, 0.2) is 0 Å². The van der Waals surface area contributed by atoms with Gasteiger partial charge in [0.1, 0.15) is 0 Å². The van der Waals surface area contributed by atoms with E-state index in [2.05, 4.69) is 44.1 Å². The van der Waals surface area contributed by atoms with E-state index in [-0.39, 0.29) is 11.9 Å². The molecule has 0 aliphatic heterocycles. The fraction of sp³-hybridized carbons (Fsp3) is 0.462. The molecule has 0 fully saturated rings. The van der Waals surface area contributed by atoms with Crippen molar-refractivity contribution in [1.82, 2.24) is 5.32 Å². The van der Waals surface area contributed by atoms with E-state index in [1.165, 1.54) is 0 Å². The maximum absolute atomic E-state index is 11.8. The third kappa shape index (κ3) is 5.68. The van der Waals surface area contributed by atoms with Crippen LogP contribution in [0.5, 0.6) is 0 Å². The second-order valence-electron chi connectivity index (χ2n) is 3.95. The van der Waals surface area contributed by atoms with E-state index in [4.69, 9.17) is 0 Å². The predicted molar refractivity (Wildman–Crippen MR) is 78.5 cm³/mol. The molecule has 1 amide bonds. The van der Waals surface area contributed by atoms with Crippen LogP contribution < -0.4 is 5.32 Å². The lowest BCUT2D eigenvalue weighted by Crippen LogP contribution is -2.35. The van der Waals surface area contributed by atoms with Gasteiger partial charge in [0.25, 0.3) is 0 Å². The first-order valence-corrected chi connectivity index (χ1v) is 7.67. The Labute approximate surface area is 119 Å². The van der Waals surface area contributed by atoms with Crippen molar-refractivity contribution in [2.24, 2.45) is 0 Å². The van der Waals surface area contributed by atoms with Crippen molar-refractivity contribution in [3.8, 4) is 0 Å². The molecular formula is C13H17Br2NO. The van der Waals surface area contributed by atoms with Crippen LogP contribution in [0.25, 0.3) is 0 Å². The van der Waals surface area contributed by atoms with Crippen LogP contribution in [-0.4, -0.2) is 17.3 Å². The zero-order valence-corrected chi connectivity index (χ0v) is 13.1. The van der Waals surface area contributed by atoms with E-state index in [9.17, 15) is 4.79 Å². The molecule has 1 aromatic carbocycles. The number of alkyl halides is 1. The van der Waals surface area contributed by atoms with E-state index in [1.54, 1.807) is 0 Å². The summed E-state index contributed by atoms with van der Waals surface area (Å²) in [6.45, 7) is 2.09. The number of halogens is 2. The topological polar surface area (TPSA) is 29.1 Å². The fourth-order valence-corrected chi connectivity index (χ4v) is 2.39. The van der Waals surface area contributed by atoms with E-state index in [0.29, 0.717) is 6.42 Å². The van der Waals surface area contributed by atoms with Gasteiger partial charge in [-0.2, -0.15) is 0 Å². The van der Waals surface area contributed by atoms with Crippen LogP contribution in [0.1, 0.15) is 25.3 Å². The van der Waals surface area contributed by atoms with Crippen LogP contribution >= 0.6 is 31.9 Å². The van der Waals surface area contributed by atoms with Gasteiger partial charge >= 0.3 is 0 Å². The molecule has 2 nitrogen and oxygen atoms in total. The van der Waals surface area contributed by atoms with Crippen LogP contribution in [-0.2, 0) is 11.2 Å². The second-order valence-corrected chi connectivity index (χ2v) is 5.66. The smallest absolute Gasteiger partial charge is 0.224 e. The zero-order chi connectivity index (χ0) is 12.7. The molecule has 1 rings (SSSR count). The first kappa shape index (κ1) is 14.7. The molecule has 17 heavy (non-hydrogen) atoms. The highest BCUT2D eigenvalue weighted by Crippen LogP contribution is 2.11. The lowest BCUT2D eigenvalue weighted by molar-refractivity contribution is -0.121. The van der Waals surface area contributed by atoms with Crippen LogP contribution in [0.3, 0.4) is 0 Å². The SMILES string of the molecule is CCC(CCBr)NC(=O)Cc1ccc(Br)cc1. The van der Waals surface area contributed by atoms with E-state index in [0.717, 1.165) is 28.2 Å². The third-order valence-corrected chi connectivity index (χ3v) is 3.58. The zero-order valence-electron chi connectivity index (χ0n) is 9.88. The molecule has 0 radical (unpaired) electrons.